The van der Waals surface area contributed by atoms with Gasteiger partial charge in [0.05, 0.1) is 10.0 Å². The smallest absolute Gasteiger partial charge is 0.325 e. The van der Waals surface area contributed by atoms with Crippen molar-refractivity contribution in [2.45, 2.75) is 19.9 Å². The van der Waals surface area contributed by atoms with Crippen molar-refractivity contribution >= 4 is 47.0 Å². The highest BCUT2D eigenvalue weighted by Crippen LogP contribution is 2.22. The van der Waals surface area contributed by atoms with Crippen molar-refractivity contribution in [3.8, 4) is 0 Å². The SMILES string of the molecule is CC(C)NC(=O)NC(=O)COC(=O)CNC(=O)c1ccc(Cl)c(Cl)c1. The van der Waals surface area contributed by atoms with Crippen molar-refractivity contribution in [2.24, 2.45) is 0 Å². The Bertz CT molecular complexity index is 679. The first-order chi connectivity index (χ1) is 11.7. The van der Waals surface area contributed by atoms with E-state index in [1.165, 1.54) is 18.2 Å². The Morgan fingerprint density at radius 3 is 2.40 bits per heavy atom. The average Bonchev–Trinajstić information content (AvgIpc) is 2.52. The van der Waals surface area contributed by atoms with Crippen LogP contribution in [0.2, 0.25) is 10.0 Å². The third-order valence-electron chi connectivity index (χ3n) is 2.61. The Morgan fingerprint density at radius 2 is 1.80 bits per heavy atom. The van der Waals surface area contributed by atoms with Gasteiger partial charge in [0.25, 0.3) is 11.8 Å². The average molecular weight is 390 g/mol. The van der Waals surface area contributed by atoms with Crippen LogP contribution in [0.4, 0.5) is 4.79 Å². The molecule has 25 heavy (non-hydrogen) atoms. The molecule has 0 spiro atoms. The number of carbonyl (C=O) groups is 4. The van der Waals surface area contributed by atoms with Crippen LogP contribution in [0.15, 0.2) is 18.2 Å². The van der Waals surface area contributed by atoms with E-state index in [1.807, 2.05) is 5.32 Å². The molecular formula is C15H17Cl2N3O5. The predicted octanol–water partition coefficient (Wildman–Crippen LogP) is 1.50. The van der Waals surface area contributed by atoms with Gasteiger partial charge in [-0.3, -0.25) is 19.7 Å². The number of rotatable bonds is 6. The number of imide groups is 1. The van der Waals surface area contributed by atoms with E-state index >= 15 is 0 Å². The lowest BCUT2D eigenvalue weighted by Crippen LogP contribution is -2.44. The molecule has 0 saturated carbocycles. The van der Waals surface area contributed by atoms with Gasteiger partial charge in [0.2, 0.25) is 0 Å². The van der Waals surface area contributed by atoms with Gasteiger partial charge in [-0.25, -0.2) is 4.79 Å². The van der Waals surface area contributed by atoms with E-state index in [0.29, 0.717) is 5.02 Å². The minimum absolute atomic E-state index is 0.146. The summed E-state index contributed by atoms with van der Waals surface area (Å²) in [5, 5.41) is 7.24. The second-order valence-corrected chi connectivity index (χ2v) is 5.96. The molecule has 1 aromatic rings. The molecule has 8 nitrogen and oxygen atoms in total. The molecule has 0 heterocycles. The van der Waals surface area contributed by atoms with Crippen LogP contribution in [-0.2, 0) is 14.3 Å². The fraction of sp³-hybridized carbons (Fsp3) is 0.333. The largest absolute Gasteiger partial charge is 0.454 e. The molecule has 0 fully saturated rings. The number of nitrogens with one attached hydrogen (secondary N) is 3. The Balaban J connectivity index is 2.34. The van der Waals surface area contributed by atoms with Gasteiger partial charge in [-0.1, -0.05) is 23.2 Å². The first-order valence-electron chi connectivity index (χ1n) is 7.18. The zero-order valence-electron chi connectivity index (χ0n) is 13.5. The minimum Gasteiger partial charge on any atom is -0.454 e. The molecule has 1 rings (SSSR count). The molecule has 0 radical (unpaired) electrons. The van der Waals surface area contributed by atoms with Gasteiger partial charge in [-0.15, -0.1) is 0 Å². The molecule has 0 saturated heterocycles. The Kier molecular flexibility index (Phi) is 8.17. The van der Waals surface area contributed by atoms with Crippen LogP contribution in [0, 0.1) is 0 Å². The van der Waals surface area contributed by atoms with Crippen LogP contribution in [0.5, 0.6) is 0 Å². The fourth-order valence-corrected chi connectivity index (χ4v) is 1.85. The monoisotopic (exact) mass is 389 g/mol. The molecule has 0 aliphatic heterocycles. The quantitative estimate of drug-likeness (QED) is 0.637. The number of esters is 1. The van der Waals surface area contributed by atoms with Crippen LogP contribution in [0.3, 0.4) is 0 Å². The van der Waals surface area contributed by atoms with Gasteiger partial charge in [0, 0.05) is 11.6 Å². The van der Waals surface area contributed by atoms with Crippen LogP contribution in [0.1, 0.15) is 24.2 Å². The highest BCUT2D eigenvalue weighted by molar-refractivity contribution is 6.42. The molecule has 10 heteroatoms. The van der Waals surface area contributed by atoms with Crippen molar-refractivity contribution < 1.29 is 23.9 Å². The summed E-state index contributed by atoms with van der Waals surface area (Å²) in [4.78, 5) is 46.0. The molecule has 0 bridgehead atoms. The van der Waals surface area contributed by atoms with Gasteiger partial charge in [-0.05, 0) is 32.0 Å². The Labute approximate surface area is 154 Å². The molecule has 0 unspecified atom stereocenters. The van der Waals surface area contributed by atoms with Gasteiger partial charge >= 0.3 is 12.0 Å². The lowest BCUT2D eigenvalue weighted by atomic mass is 10.2. The van der Waals surface area contributed by atoms with Crippen molar-refractivity contribution in [1.29, 1.82) is 0 Å². The lowest BCUT2D eigenvalue weighted by molar-refractivity contribution is -0.147. The summed E-state index contributed by atoms with van der Waals surface area (Å²) in [7, 11) is 0. The normalized spacial score (nSPS) is 10.1. The molecule has 3 N–H and O–H groups in total. The highest BCUT2D eigenvalue weighted by Gasteiger charge is 2.13. The van der Waals surface area contributed by atoms with E-state index in [9.17, 15) is 19.2 Å². The van der Waals surface area contributed by atoms with Crippen molar-refractivity contribution in [1.82, 2.24) is 16.0 Å². The number of halogens is 2. The van der Waals surface area contributed by atoms with E-state index in [2.05, 4.69) is 15.4 Å². The van der Waals surface area contributed by atoms with Crippen molar-refractivity contribution in [2.75, 3.05) is 13.2 Å². The van der Waals surface area contributed by atoms with E-state index in [4.69, 9.17) is 23.2 Å². The third-order valence-corrected chi connectivity index (χ3v) is 3.35. The zero-order chi connectivity index (χ0) is 19.0. The van der Waals surface area contributed by atoms with Crippen LogP contribution in [-0.4, -0.2) is 43.0 Å². The van der Waals surface area contributed by atoms with E-state index < -0.39 is 37.0 Å². The van der Waals surface area contributed by atoms with Gasteiger partial charge in [-0.2, -0.15) is 0 Å². The number of carbonyl (C=O) groups excluding carboxylic acids is 4. The maximum absolute atomic E-state index is 11.8. The van der Waals surface area contributed by atoms with Gasteiger partial charge < -0.3 is 15.4 Å². The topological polar surface area (TPSA) is 114 Å². The number of amides is 4. The number of ether oxygens (including phenoxy) is 1. The zero-order valence-corrected chi connectivity index (χ0v) is 15.0. The molecule has 0 aliphatic carbocycles. The summed E-state index contributed by atoms with van der Waals surface area (Å²) in [6.07, 6.45) is 0. The van der Waals surface area contributed by atoms with E-state index in [0.717, 1.165) is 0 Å². The molecule has 0 aliphatic rings. The molecule has 136 valence electrons. The van der Waals surface area contributed by atoms with E-state index in [1.54, 1.807) is 13.8 Å². The number of urea groups is 1. The molecule has 0 atom stereocenters. The van der Waals surface area contributed by atoms with Crippen LogP contribution < -0.4 is 16.0 Å². The number of hydrogen-bond donors (Lipinski definition) is 3. The van der Waals surface area contributed by atoms with Crippen molar-refractivity contribution in [3.05, 3.63) is 33.8 Å². The number of hydrogen-bond acceptors (Lipinski definition) is 5. The maximum Gasteiger partial charge on any atom is 0.325 e. The molecular weight excluding hydrogens is 373 g/mol. The van der Waals surface area contributed by atoms with Crippen molar-refractivity contribution in [3.63, 3.8) is 0 Å². The van der Waals surface area contributed by atoms with Crippen LogP contribution in [0.25, 0.3) is 0 Å². The maximum atomic E-state index is 11.8. The first kappa shape index (κ1) is 20.7. The van der Waals surface area contributed by atoms with E-state index in [-0.39, 0.29) is 16.6 Å². The molecule has 4 amide bonds. The van der Waals surface area contributed by atoms with Gasteiger partial charge in [0.1, 0.15) is 6.54 Å². The summed E-state index contributed by atoms with van der Waals surface area (Å²) in [5.41, 5.74) is 0.213. The minimum atomic E-state index is -0.840. The standard InChI is InChI=1S/C15H17Cl2N3O5/c1-8(2)19-15(24)20-12(21)7-25-13(22)6-18-14(23)9-3-4-10(16)11(17)5-9/h3-5,8H,6-7H2,1-2H3,(H,18,23)(H2,19,20,21,24). The summed E-state index contributed by atoms with van der Waals surface area (Å²) in [6, 6.07) is 3.40. The molecule has 0 aromatic heterocycles. The van der Waals surface area contributed by atoms with Crippen LogP contribution >= 0.6 is 23.2 Å². The Hall–Kier alpha value is -2.32. The fourth-order valence-electron chi connectivity index (χ4n) is 1.55. The number of benzene rings is 1. The summed E-state index contributed by atoms with van der Waals surface area (Å²) in [6.45, 7) is 2.35. The first-order valence-corrected chi connectivity index (χ1v) is 7.94. The third kappa shape index (κ3) is 7.86. The van der Waals surface area contributed by atoms with Gasteiger partial charge in [0.15, 0.2) is 6.61 Å². The summed E-state index contributed by atoms with van der Waals surface area (Å²) < 4.78 is 4.65. The predicted molar refractivity (Wildman–Crippen MR) is 91.6 cm³/mol. The second-order valence-electron chi connectivity index (χ2n) is 5.15. The second kappa shape index (κ2) is 9.85. The summed E-state index contributed by atoms with van der Waals surface area (Å²) >= 11 is 11.5. The molecule has 1 aromatic carbocycles. The lowest BCUT2D eigenvalue weighted by Gasteiger charge is -2.10. The summed E-state index contributed by atoms with van der Waals surface area (Å²) in [5.74, 6) is -2.19. The highest BCUT2D eigenvalue weighted by atomic mass is 35.5. The Morgan fingerprint density at radius 1 is 1.12 bits per heavy atom.